The van der Waals surface area contributed by atoms with Gasteiger partial charge in [0.25, 0.3) is 0 Å². The Balaban J connectivity index is 2.30. The maximum Gasteiger partial charge on any atom is 0.148 e. The van der Waals surface area contributed by atoms with Gasteiger partial charge in [-0.3, -0.25) is 0 Å². The molecular weight excluding hydrogens is 227 g/mol. The van der Waals surface area contributed by atoms with Gasteiger partial charge in [-0.15, -0.1) is 0 Å². The topological polar surface area (TPSA) is 29.3 Å². The largest absolute Gasteiger partial charge is 0.365 e. The molecule has 2 N–H and O–H groups in total. The Kier molecular flexibility index (Phi) is 3.36. The van der Waals surface area contributed by atoms with Crippen molar-refractivity contribution in [1.29, 1.82) is 0 Å². The number of nitrogens with two attached hydrogens (primary N) is 1. The summed E-state index contributed by atoms with van der Waals surface area (Å²) in [6.07, 6.45) is 1.76. The minimum absolute atomic E-state index is 0.219. The minimum atomic E-state index is -0.255. The van der Waals surface area contributed by atoms with Gasteiger partial charge in [-0.05, 0) is 31.9 Å². The quantitative estimate of drug-likeness (QED) is 0.821. The number of hydrogen-bond acceptors (Lipinski definition) is 2. The average molecular weight is 243 g/mol. The van der Waals surface area contributed by atoms with Crippen LogP contribution in [-0.4, -0.2) is 18.6 Å². The summed E-state index contributed by atoms with van der Waals surface area (Å²) < 4.78 is 13.7. The molecule has 1 aliphatic rings. The Morgan fingerprint density at radius 1 is 1.50 bits per heavy atom. The van der Waals surface area contributed by atoms with E-state index in [1.165, 1.54) is 6.07 Å². The molecule has 2 rings (SSSR count). The number of nitrogens with zero attached hydrogens (tertiary/aromatic N) is 1. The van der Waals surface area contributed by atoms with Gasteiger partial charge in [0.2, 0.25) is 0 Å². The van der Waals surface area contributed by atoms with Crippen molar-refractivity contribution in [2.75, 3.05) is 11.4 Å². The number of piperidine rings is 1. The molecule has 4 heteroatoms. The molecule has 1 aromatic carbocycles. The first kappa shape index (κ1) is 11.7. The second-order valence-electron chi connectivity index (χ2n) is 4.40. The zero-order valence-corrected chi connectivity index (χ0v) is 10.0. The van der Waals surface area contributed by atoms with Crippen LogP contribution in [0.3, 0.4) is 0 Å². The van der Waals surface area contributed by atoms with Crippen molar-refractivity contribution < 1.29 is 4.39 Å². The van der Waals surface area contributed by atoms with Crippen LogP contribution in [0, 0.1) is 5.82 Å². The molecule has 1 fully saturated rings. The van der Waals surface area contributed by atoms with Crippen LogP contribution >= 0.6 is 11.6 Å². The first-order valence-electron chi connectivity index (χ1n) is 5.56. The molecule has 1 heterocycles. The highest BCUT2D eigenvalue weighted by molar-refractivity contribution is 6.33. The molecule has 0 aromatic heterocycles. The van der Waals surface area contributed by atoms with E-state index in [-0.39, 0.29) is 17.9 Å². The Morgan fingerprint density at radius 2 is 2.25 bits per heavy atom. The number of benzene rings is 1. The van der Waals surface area contributed by atoms with Crippen LogP contribution in [0.4, 0.5) is 10.1 Å². The van der Waals surface area contributed by atoms with Gasteiger partial charge in [-0.2, -0.15) is 0 Å². The maximum absolute atomic E-state index is 13.7. The van der Waals surface area contributed by atoms with Crippen LogP contribution in [0.25, 0.3) is 0 Å². The van der Waals surface area contributed by atoms with E-state index in [9.17, 15) is 4.39 Å². The third-order valence-electron chi connectivity index (χ3n) is 3.14. The van der Waals surface area contributed by atoms with Crippen molar-refractivity contribution in [1.82, 2.24) is 0 Å². The number of halogens is 2. The number of anilines is 1. The van der Waals surface area contributed by atoms with Crippen LogP contribution in [0.5, 0.6) is 0 Å². The SMILES string of the molecule is CC1CC(N)CCN1c1c(F)cccc1Cl. The molecule has 0 saturated carbocycles. The van der Waals surface area contributed by atoms with Crippen LogP contribution < -0.4 is 10.6 Å². The lowest BCUT2D eigenvalue weighted by Gasteiger charge is -2.38. The number of para-hydroxylation sites is 1. The van der Waals surface area contributed by atoms with Gasteiger partial charge in [0.15, 0.2) is 0 Å². The highest BCUT2D eigenvalue weighted by Gasteiger charge is 2.26. The molecule has 0 aliphatic carbocycles. The van der Waals surface area contributed by atoms with Gasteiger partial charge in [-0.25, -0.2) is 4.39 Å². The highest BCUT2D eigenvalue weighted by atomic mass is 35.5. The van der Waals surface area contributed by atoms with E-state index in [0.29, 0.717) is 10.7 Å². The van der Waals surface area contributed by atoms with Crippen molar-refractivity contribution in [3.63, 3.8) is 0 Å². The summed E-state index contributed by atoms with van der Waals surface area (Å²) in [6, 6.07) is 5.25. The van der Waals surface area contributed by atoms with Crippen LogP contribution in [-0.2, 0) is 0 Å². The van der Waals surface area contributed by atoms with E-state index in [0.717, 1.165) is 19.4 Å². The molecular formula is C12H16ClFN2. The normalized spacial score (nSPS) is 25.9. The van der Waals surface area contributed by atoms with Crippen molar-refractivity contribution in [2.45, 2.75) is 31.8 Å². The molecule has 1 saturated heterocycles. The summed E-state index contributed by atoms with van der Waals surface area (Å²) in [7, 11) is 0. The molecule has 0 spiro atoms. The summed E-state index contributed by atoms with van der Waals surface area (Å²) >= 11 is 6.05. The molecule has 16 heavy (non-hydrogen) atoms. The Labute approximate surface area is 100 Å². The molecule has 0 bridgehead atoms. The molecule has 2 atom stereocenters. The fourth-order valence-corrected chi connectivity index (χ4v) is 2.58. The predicted octanol–water partition coefficient (Wildman–Crippen LogP) is 2.80. The summed E-state index contributed by atoms with van der Waals surface area (Å²) in [5.74, 6) is -0.255. The molecule has 2 nitrogen and oxygen atoms in total. The third kappa shape index (κ3) is 2.15. The minimum Gasteiger partial charge on any atom is -0.365 e. The Hall–Kier alpha value is -0.800. The number of rotatable bonds is 1. The summed E-state index contributed by atoms with van der Waals surface area (Å²) in [4.78, 5) is 2.01. The van der Waals surface area contributed by atoms with Crippen molar-refractivity contribution in [3.8, 4) is 0 Å². The Morgan fingerprint density at radius 3 is 2.88 bits per heavy atom. The molecule has 88 valence electrons. The predicted molar refractivity (Wildman–Crippen MR) is 65.4 cm³/mol. The lowest BCUT2D eigenvalue weighted by molar-refractivity contribution is 0.425. The molecule has 1 aromatic rings. The average Bonchev–Trinajstić information content (AvgIpc) is 2.20. The summed E-state index contributed by atoms with van der Waals surface area (Å²) in [5, 5.41) is 0.474. The van der Waals surface area contributed by atoms with E-state index in [2.05, 4.69) is 6.92 Å². The van der Waals surface area contributed by atoms with E-state index in [4.69, 9.17) is 17.3 Å². The Bertz CT molecular complexity index is 363. The summed E-state index contributed by atoms with van der Waals surface area (Å²) in [6.45, 7) is 2.82. The van der Waals surface area contributed by atoms with Gasteiger partial charge in [0, 0.05) is 18.6 Å². The van der Waals surface area contributed by atoms with Crippen molar-refractivity contribution in [2.24, 2.45) is 5.73 Å². The van der Waals surface area contributed by atoms with Crippen LogP contribution in [0.1, 0.15) is 19.8 Å². The van der Waals surface area contributed by atoms with Crippen molar-refractivity contribution in [3.05, 3.63) is 29.0 Å². The van der Waals surface area contributed by atoms with Crippen molar-refractivity contribution >= 4 is 17.3 Å². The molecule has 2 unspecified atom stereocenters. The lowest BCUT2D eigenvalue weighted by Crippen LogP contribution is -2.46. The van der Waals surface area contributed by atoms with Gasteiger partial charge in [-0.1, -0.05) is 17.7 Å². The maximum atomic E-state index is 13.7. The van der Waals surface area contributed by atoms with Gasteiger partial charge >= 0.3 is 0 Å². The van der Waals surface area contributed by atoms with Gasteiger partial charge in [0.05, 0.1) is 10.7 Å². The highest BCUT2D eigenvalue weighted by Crippen LogP contribution is 2.33. The van der Waals surface area contributed by atoms with E-state index in [1.54, 1.807) is 12.1 Å². The third-order valence-corrected chi connectivity index (χ3v) is 3.45. The monoisotopic (exact) mass is 242 g/mol. The van der Waals surface area contributed by atoms with Crippen LogP contribution in [0.15, 0.2) is 18.2 Å². The van der Waals surface area contributed by atoms with Gasteiger partial charge < -0.3 is 10.6 Å². The zero-order chi connectivity index (χ0) is 11.7. The van der Waals surface area contributed by atoms with Gasteiger partial charge in [0.1, 0.15) is 5.82 Å². The fraction of sp³-hybridized carbons (Fsp3) is 0.500. The molecule has 0 amide bonds. The van der Waals surface area contributed by atoms with E-state index in [1.807, 2.05) is 4.90 Å². The van der Waals surface area contributed by atoms with E-state index >= 15 is 0 Å². The second kappa shape index (κ2) is 4.60. The number of hydrogen-bond donors (Lipinski definition) is 1. The standard InChI is InChI=1S/C12H16ClFN2/c1-8-7-9(15)5-6-16(8)12-10(13)3-2-4-11(12)14/h2-4,8-9H,5-7,15H2,1H3. The smallest absolute Gasteiger partial charge is 0.148 e. The molecule has 1 aliphatic heterocycles. The lowest BCUT2D eigenvalue weighted by atomic mass is 9.98. The summed E-state index contributed by atoms with van der Waals surface area (Å²) in [5.41, 5.74) is 6.41. The molecule has 0 radical (unpaired) electrons. The first-order valence-corrected chi connectivity index (χ1v) is 5.93. The zero-order valence-electron chi connectivity index (χ0n) is 9.29. The second-order valence-corrected chi connectivity index (χ2v) is 4.80. The first-order chi connectivity index (χ1) is 7.59. The fourth-order valence-electron chi connectivity index (χ4n) is 2.30. The van der Waals surface area contributed by atoms with E-state index < -0.39 is 0 Å². The van der Waals surface area contributed by atoms with Crippen LogP contribution in [0.2, 0.25) is 5.02 Å².